The Balaban J connectivity index is 1.78. The number of piperidine rings is 1. The number of aromatic nitrogens is 3. The van der Waals surface area contributed by atoms with Gasteiger partial charge in [0.05, 0.1) is 30.3 Å². The average Bonchev–Trinajstić information content (AvgIpc) is 3.11. The summed E-state index contributed by atoms with van der Waals surface area (Å²) in [5.41, 5.74) is 8.26. The van der Waals surface area contributed by atoms with Gasteiger partial charge in [-0.15, -0.1) is 5.06 Å². The van der Waals surface area contributed by atoms with Gasteiger partial charge in [0.25, 0.3) is 0 Å². The summed E-state index contributed by atoms with van der Waals surface area (Å²) >= 11 is 0. The van der Waals surface area contributed by atoms with Crippen LogP contribution in [0.25, 0.3) is 21.9 Å². The molecule has 2 aromatic heterocycles. The highest BCUT2D eigenvalue weighted by Gasteiger charge is 2.20. The van der Waals surface area contributed by atoms with Gasteiger partial charge in [0.15, 0.2) is 5.82 Å². The van der Waals surface area contributed by atoms with Crippen LogP contribution in [0.4, 0.5) is 5.82 Å². The maximum atomic E-state index is 10.1. The first-order valence-electron chi connectivity index (χ1n) is 10.5. The molecule has 4 rings (SSSR count). The molecule has 162 valence electrons. The van der Waals surface area contributed by atoms with Crippen molar-refractivity contribution in [1.29, 1.82) is 0 Å². The van der Waals surface area contributed by atoms with E-state index in [1.807, 2.05) is 34.8 Å². The second kappa shape index (κ2) is 9.13. The molecule has 0 saturated carbocycles. The van der Waals surface area contributed by atoms with Gasteiger partial charge in [-0.2, -0.15) is 0 Å². The minimum absolute atomic E-state index is 0.181. The topological polar surface area (TPSA) is 119 Å². The van der Waals surface area contributed by atoms with Crippen LogP contribution in [-0.4, -0.2) is 62.2 Å². The van der Waals surface area contributed by atoms with Crippen LogP contribution in [0.5, 0.6) is 5.75 Å². The Kier molecular flexibility index (Phi) is 6.33. The number of hydrogen-bond acceptors (Lipinski definition) is 8. The van der Waals surface area contributed by atoms with Crippen molar-refractivity contribution in [3.8, 4) is 5.75 Å². The number of pyridine rings is 1. The lowest BCUT2D eigenvalue weighted by atomic mass is 10.1. The lowest BCUT2D eigenvalue weighted by molar-refractivity contribution is -0.0718. The lowest BCUT2D eigenvalue weighted by Gasteiger charge is -2.26. The van der Waals surface area contributed by atoms with E-state index in [9.17, 15) is 10.2 Å². The van der Waals surface area contributed by atoms with E-state index in [0.717, 1.165) is 36.8 Å². The van der Waals surface area contributed by atoms with Gasteiger partial charge in [0, 0.05) is 31.1 Å². The molecule has 1 atom stereocenters. The number of nitrogens with zero attached hydrogens (tertiary/aromatic N) is 4. The van der Waals surface area contributed by atoms with Crippen molar-refractivity contribution >= 4 is 27.8 Å². The average molecular weight is 415 g/mol. The summed E-state index contributed by atoms with van der Waals surface area (Å²) in [6.07, 6.45) is 2.58. The molecule has 0 bridgehead atoms. The van der Waals surface area contributed by atoms with Gasteiger partial charge >= 0.3 is 0 Å². The molecule has 1 aromatic carbocycles. The number of hydrogen-bond donors (Lipinski definition) is 3. The minimum Gasteiger partial charge on any atom is -0.406 e. The molecule has 9 nitrogen and oxygen atoms in total. The fraction of sp³-hybridized carbons (Fsp3) is 0.524. The van der Waals surface area contributed by atoms with Crippen LogP contribution in [0, 0.1) is 0 Å². The number of anilines is 1. The molecular formula is C21H29N5O4. The molecule has 1 aliphatic heterocycles. The number of ether oxygens (including phenoxy) is 1. The molecule has 9 heteroatoms. The zero-order valence-corrected chi connectivity index (χ0v) is 17.3. The van der Waals surface area contributed by atoms with Crippen molar-refractivity contribution in [2.75, 3.05) is 32.0 Å². The smallest absolute Gasteiger partial charge is 0.152 e. The molecule has 1 saturated heterocycles. The van der Waals surface area contributed by atoms with Gasteiger partial charge < -0.3 is 30.1 Å². The van der Waals surface area contributed by atoms with E-state index in [-0.39, 0.29) is 19.8 Å². The Morgan fingerprint density at radius 2 is 2.00 bits per heavy atom. The highest BCUT2D eigenvalue weighted by molar-refractivity contribution is 6.06. The van der Waals surface area contributed by atoms with Gasteiger partial charge in [0.1, 0.15) is 23.7 Å². The van der Waals surface area contributed by atoms with Gasteiger partial charge in [0.2, 0.25) is 0 Å². The number of aliphatic hydroxyl groups excluding tert-OH is 2. The predicted molar refractivity (Wildman–Crippen MR) is 114 cm³/mol. The Hall–Kier alpha value is -2.46. The first kappa shape index (κ1) is 20.8. The quantitative estimate of drug-likeness (QED) is 0.510. The second-order valence-electron chi connectivity index (χ2n) is 7.57. The molecule has 3 aromatic rings. The number of nitrogen functional groups attached to an aromatic ring is 1. The second-order valence-corrected chi connectivity index (χ2v) is 7.57. The fourth-order valence-corrected chi connectivity index (χ4v) is 3.87. The molecule has 4 N–H and O–H groups in total. The number of benzene rings is 1. The lowest BCUT2D eigenvalue weighted by Crippen LogP contribution is -2.32. The van der Waals surface area contributed by atoms with E-state index in [1.54, 1.807) is 0 Å². The maximum absolute atomic E-state index is 10.1. The third-order valence-electron chi connectivity index (χ3n) is 5.34. The highest BCUT2D eigenvalue weighted by Crippen LogP contribution is 2.32. The van der Waals surface area contributed by atoms with Crippen molar-refractivity contribution < 1.29 is 19.8 Å². The zero-order valence-electron chi connectivity index (χ0n) is 17.3. The van der Waals surface area contributed by atoms with Crippen molar-refractivity contribution in [3.05, 3.63) is 24.0 Å². The molecule has 1 aliphatic rings. The third-order valence-corrected chi connectivity index (χ3v) is 5.34. The number of hydroxylamine groups is 2. The van der Waals surface area contributed by atoms with Gasteiger partial charge in [-0.1, -0.05) is 6.42 Å². The van der Waals surface area contributed by atoms with Crippen LogP contribution in [0.1, 0.15) is 32.0 Å². The van der Waals surface area contributed by atoms with E-state index in [2.05, 4.69) is 9.97 Å². The van der Waals surface area contributed by atoms with Gasteiger partial charge in [-0.25, -0.2) is 9.97 Å². The fourth-order valence-electron chi connectivity index (χ4n) is 3.87. The monoisotopic (exact) mass is 415 g/mol. The normalized spacial score (nSPS) is 16.4. The Morgan fingerprint density at radius 1 is 1.20 bits per heavy atom. The van der Waals surface area contributed by atoms with E-state index in [0.29, 0.717) is 35.0 Å². The third kappa shape index (κ3) is 4.20. The molecule has 1 fully saturated rings. The molecule has 3 heterocycles. The van der Waals surface area contributed by atoms with Crippen molar-refractivity contribution in [1.82, 2.24) is 19.6 Å². The molecule has 0 radical (unpaired) electrons. The number of fused-ring (bicyclic) bond motifs is 3. The first-order valence-corrected chi connectivity index (χ1v) is 10.5. The SMILES string of the molecule is CCOCc1nc2c(N)nc3cc(ON4CCCCC4)ccc3c2n1CC(O)CO. The van der Waals surface area contributed by atoms with Crippen LogP contribution in [0.3, 0.4) is 0 Å². The summed E-state index contributed by atoms with van der Waals surface area (Å²) in [6, 6.07) is 5.73. The standard InChI is InChI=1S/C21H29N5O4/c1-2-29-13-18-24-19-20(26(18)11-14(28)12-27)16-7-6-15(10-17(16)23-21(19)22)30-25-8-4-3-5-9-25/h6-7,10,14,27-28H,2-5,8-9,11-13H2,1H3,(H2,22,23). The molecule has 0 amide bonds. The summed E-state index contributed by atoms with van der Waals surface area (Å²) < 4.78 is 7.40. The minimum atomic E-state index is -0.922. The number of aliphatic hydroxyl groups is 2. The zero-order chi connectivity index (χ0) is 21.1. The largest absolute Gasteiger partial charge is 0.406 e. The predicted octanol–water partition coefficient (Wildman–Crippen LogP) is 1.84. The highest BCUT2D eigenvalue weighted by atomic mass is 16.7. The Bertz CT molecular complexity index is 1020. The van der Waals surface area contributed by atoms with Crippen LogP contribution in [0.15, 0.2) is 18.2 Å². The van der Waals surface area contributed by atoms with Crippen LogP contribution in [0.2, 0.25) is 0 Å². The van der Waals surface area contributed by atoms with E-state index >= 15 is 0 Å². The molecule has 1 unspecified atom stereocenters. The molecule has 0 spiro atoms. The summed E-state index contributed by atoms with van der Waals surface area (Å²) in [5.74, 6) is 1.66. The van der Waals surface area contributed by atoms with Crippen LogP contribution < -0.4 is 10.6 Å². The van der Waals surface area contributed by atoms with E-state index in [1.165, 1.54) is 6.42 Å². The van der Waals surface area contributed by atoms with Crippen molar-refractivity contribution in [3.63, 3.8) is 0 Å². The number of rotatable bonds is 8. The summed E-state index contributed by atoms with van der Waals surface area (Å²) in [5, 5.41) is 22.3. The van der Waals surface area contributed by atoms with Gasteiger partial charge in [-0.05, 0) is 31.9 Å². The van der Waals surface area contributed by atoms with Gasteiger partial charge in [-0.3, -0.25) is 0 Å². The number of imidazole rings is 1. The number of nitrogens with two attached hydrogens (primary N) is 1. The van der Waals surface area contributed by atoms with Crippen LogP contribution in [-0.2, 0) is 17.9 Å². The molecular weight excluding hydrogens is 386 g/mol. The van der Waals surface area contributed by atoms with E-state index in [4.69, 9.17) is 15.3 Å². The summed E-state index contributed by atoms with van der Waals surface area (Å²) in [7, 11) is 0. The summed E-state index contributed by atoms with van der Waals surface area (Å²) in [4.78, 5) is 15.2. The molecule has 30 heavy (non-hydrogen) atoms. The first-order chi connectivity index (χ1) is 14.6. The Labute approximate surface area is 175 Å². The van der Waals surface area contributed by atoms with Crippen LogP contribution >= 0.6 is 0 Å². The van der Waals surface area contributed by atoms with Crippen molar-refractivity contribution in [2.45, 2.75) is 45.4 Å². The summed E-state index contributed by atoms with van der Waals surface area (Å²) in [6.45, 7) is 4.39. The molecule has 0 aliphatic carbocycles. The van der Waals surface area contributed by atoms with Crippen molar-refractivity contribution in [2.24, 2.45) is 0 Å². The van der Waals surface area contributed by atoms with E-state index < -0.39 is 6.10 Å². The maximum Gasteiger partial charge on any atom is 0.152 e. The Morgan fingerprint density at radius 3 is 2.73 bits per heavy atom.